The largest absolute Gasteiger partial charge is 0.454 e. The molecule has 1 saturated heterocycles. The lowest BCUT2D eigenvalue weighted by molar-refractivity contribution is -0.178. The van der Waals surface area contributed by atoms with Crippen molar-refractivity contribution < 1.29 is 9.53 Å². The number of nitrogens with zero attached hydrogens (tertiary/aromatic N) is 1. The highest BCUT2D eigenvalue weighted by Gasteiger charge is 2.47. The zero-order valence-electron chi connectivity index (χ0n) is 14.3. The van der Waals surface area contributed by atoms with Gasteiger partial charge in [0.2, 0.25) is 0 Å². The van der Waals surface area contributed by atoms with Crippen LogP contribution in [0.1, 0.15) is 31.1 Å². The Morgan fingerprint density at radius 3 is 2.25 bits per heavy atom. The van der Waals surface area contributed by atoms with Crippen molar-refractivity contribution in [1.82, 2.24) is 4.90 Å². The van der Waals surface area contributed by atoms with E-state index >= 15 is 0 Å². The Morgan fingerprint density at radius 2 is 1.62 bits per heavy atom. The molecule has 24 heavy (non-hydrogen) atoms. The average molecular weight is 321 g/mol. The monoisotopic (exact) mass is 321 g/mol. The predicted octanol–water partition coefficient (Wildman–Crippen LogP) is 4.08. The Bertz CT molecular complexity index is 726. The second-order valence-electron chi connectivity index (χ2n) is 6.48. The van der Waals surface area contributed by atoms with Crippen molar-refractivity contribution in [3.05, 3.63) is 77.9 Å². The van der Waals surface area contributed by atoms with Crippen molar-refractivity contribution in [1.29, 1.82) is 0 Å². The van der Waals surface area contributed by atoms with Crippen LogP contribution in [0, 0.1) is 0 Å². The summed E-state index contributed by atoms with van der Waals surface area (Å²) in [5.74, 6) is -0.218. The lowest BCUT2D eigenvalue weighted by Crippen LogP contribution is -2.59. The maximum Gasteiger partial charge on any atom is 0.330 e. The maximum atomic E-state index is 12.8. The van der Waals surface area contributed by atoms with Crippen LogP contribution in [0.2, 0.25) is 0 Å². The van der Waals surface area contributed by atoms with Crippen LogP contribution in [0.25, 0.3) is 6.08 Å². The fraction of sp³-hybridized carbons (Fsp3) is 0.286. The van der Waals surface area contributed by atoms with Gasteiger partial charge >= 0.3 is 5.97 Å². The van der Waals surface area contributed by atoms with Crippen LogP contribution < -0.4 is 0 Å². The molecule has 1 fully saturated rings. The Hall–Kier alpha value is -2.39. The Morgan fingerprint density at radius 1 is 1.04 bits per heavy atom. The van der Waals surface area contributed by atoms with Gasteiger partial charge in [-0.1, -0.05) is 72.8 Å². The molecule has 0 unspecified atom stereocenters. The number of hydrogen-bond donors (Lipinski definition) is 0. The van der Waals surface area contributed by atoms with Gasteiger partial charge in [-0.25, -0.2) is 4.79 Å². The van der Waals surface area contributed by atoms with Crippen molar-refractivity contribution in [2.75, 3.05) is 7.05 Å². The second-order valence-corrected chi connectivity index (χ2v) is 6.48. The van der Waals surface area contributed by atoms with Crippen LogP contribution in [0.3, 0.4) is 0 Å². The van der Waals surface area contributed by atoms with Gasteiger partial charge in [0, 0.05) is 6.04 Å². The quantitative estimate of drug-likeness (QED) is 0.798. The van der Waals surface area contributed by atoms with Gasteiger partial charge < -0.3 is 4.74 Å². The SMILES string of the molecule is C[C@H]1[C@@H](c2ccccc2)OC(=O)[C@@](C)(/C=C/c2ccccc2)N1C. The molecule has 3 rings (SSSR count). The topological polar surface area (TPSA) is 29.5 Å². The zero-order valence-corrected chi connectivity index (χ0v) is 14.3. The van der Waals surface area contributed by atoms with E-state index in [1.54, 1.807) is 0 Å². The molecule has 3 nitrogen and oxygen atoms in total. The first-order valence-corrected chi connectivity index (χ1v) is 8.25. The van der Waals surface area contributed by atoms with Crippen LogP contribution in [-0.4, -0.2) is 29.5 Å². The Labute approximate surface area is 143 Å². The summed E-state index contributed by atoms with van der Waals surface area (Å²) in [6, 6.07) is 20.0. The third-order valence-electron chi connectivity index (χ3n) is 4.96. The van der Waals surface area contributed by atoms with Gasteiger partial charge in [0.15, 0.2) is 0 Å². The van der Waals surface area contributed by atoms with Crippen molar-refractivity contribution in [2.45, 2.75) is 31.5 Å². The third kappa shape index (κ3) is 3.00. The summed E-state index contributed by atoms with van der Waals surface area (Å²) >= 11 is 0. The summed E-state index contributed by atoms with van der Waals surface area (Å²) in [6.45, 7) is 4.01. The Kier molecular flexibility index (Phi) is 4.54. The summed E-state index contributed by atoms with van der Waals surface area (Å²) < 4.78 is 5.83. The highest BCUT2D eigenvalue weighted by molar-refractivity contribution is 5.85. The van der Waals surface area contributed by atoms with Crippen LogP contribution in [-0.2, 0) is 9.53 Å². The first kappa shape index (κ1) is 16.5. The molecule has 0 saturated carbocycles. The molecule has 3 heteroatoms. The third-order valence-corrected chi connectivity index (χ3v) is 4.96. The highest BCUT2D eigenvalue weighted by Crippen LogP contribution is 2.36. The average Bonchev–Trinajstić information content (AvgIpc) is 2.63. The van der Waals surface area contributed by atoms with E-state index in [1.807, 2.05) is 86.8 Å². The van der Waals surface area contributed by atoms with Crippen LogP contribution in [0.4, 0.5) is 0 Å². The number of morpholine rings is 1. The van der Waals surface area contributed by atoms with Gasteiger partial charge in [0.05, 0.1) is 0 Å². The van der Waals surface area contributed by atoms with E-state index in [2.05, 4.69) is 11.8 Å². The van der Waals surface area contributed by atoms with Gasteiger partial charge in [0.25, 0.3) is 0 Å². The number of likely N-dealkylation sites (N-methyl/N-ethyl adjacent to an activating group) is 1. The number of esters is 1. The number of rotatable bonds is 3. The summed E-state index contributed by atoms with van der Waals surface area (Å²) in [5.41, 5.74) is 1.32. The van der Waals surface area contributed by atoms with Gasteiger partial charge in [-0.2, -0.15) is 0 Å². The van der Waals surface area contributed by atoms with Crippen molar-refractivity contribution in [2.24, 2.45) is 0 Å². The first-order valence-electron chi connectivity index (χ1n) is 8.25. The molecule has 3 atom stereocenters. The zero-order chi connectivity index (χ0) is 17.2. The molecule has 124 valence electrons. The Balaban J connectivity index is 1.86. The fourth-order valence-electron chi connectivity index (χ4n) is 3.10. The van der Waals surface area contributed by atoms with Crippen LogP contribution in [0.5, 0.6) is 0 Å². The standard InChI is InChI=1S/C21H23NO2/c1-16-19(18-12-8-5-9-13-18)24-20(23)21(2,22(16)3)15-14-17-10-6-4-7-11-17/h4-16,19H,1-3H3/b15-14+/t16-,19-,21+/m0/s1. The van der Waals surface area contributed by atoms with Gasteiger partial charge in [-0.3, -0.25) is 4.90 Å². The molecule has 1 aliphatic rings. The molecule has 0 N–H and O–H groups in total. The number of carbonyl (C=O) groups excluding carboxylic acids is 1. The lowest BCUT2D eigenvalue weighted by Gasteiger charge is -2.46. The minimum atomic E-state index is -0.777. The summed E-state index contributed by atoms with van der Waals surface area (Å²) in [4.78, 5) is 14.9. The van der Waals surface area contributed by atoms with E-state index in [0.717, 1.165) is 11.1 Å². The van der Waals surface area contributed by atoms with E-state index in [-0.39, 0.29) is 18.1 Å². The smallest absolute Gasteiger partial charge is 0.330 e. The molecule has 2 aromatic rings. The normalized spacial score (nSPS) is 28.0. The van der Waals surface area contributed by atoms with Crippen molar-refractivity contribution in [3.8, 4) is 0 Å². The minimum absolute atomic E-state index is 0.0792. The number of carbonyl (C=O) groups is 1. The summed E-state index contributed by atoms with van der Waals surface area (Å²) in [5, 5.41) is 0. The minimum Gasteiger partial charge on any atom is -0.454 e. The molecule has 0 aliphatic carbocycles. The second kappa shape index (κ2) is 6.62. The highest BCUT2D eigenvalue weighted by atomic mass is 16.6. The number of benzene rings is 2. The molecular weight excluding hydrogens is 298 g/mol. The van der Waals surface area contributed by atoms with Crippen LogP contribution in [0.15, 0.2) is 66.7 Å². The van der Waals surface area contributed by atoms with Crippen molar-refractivity contribution in [3.63, 3.8) is 0 Å². The van der Waals surface area contributed by atoms with Crippen molar-refractivity contribution >= 4 is 12.0 Å². The van der Waals surface area contributed by atoms with E-state index in [1.165, 1.54) is 0 Å². The molecule has 0 bridgehead atoms. The molecule has 0 radical (unpaired) electrons. The van der Waals surface area contributed by atoms with E-state index in [0.29, 0.717) is 0 Å². The van der Waals surface area contributed by atoms with E-state index in [4.69, 9.17) is 4.74 Å². The molecule has 0 amide bonds. The summed E-state index contributed by atoms with van der Waals surface area (Å²) in [7, 11) is 1.98. The molecule has 1 heterocycles. The first-order chi connectivity index (χ1) is 11.5. The van der Waals surface area contributed by atoms with Gasteiger partial charge in [-0.05, 0) is 32.0 Å². The fourth-order valence-corrected chi connectivity index (χ4v) is 3.10. The molecule has 0 aromatic heterocycles. The van der Waals surface area contributed by atoms with Gasteiger partial charge in [-0.15, -0.1) is 0 Å². The van der Waals surface area contributed by atoms with E-state index < -0.39 is 5.54 Å². The number of cyclic esters (lactones) is 1. The predicted molar refractivity (Wildman–Crippen MR) is 96.4 cm³/mol. The molecular formula is C21H23NO2. The molecule has 2 aromatic carbocycles. The lowest BCUT2D eigenvalue weighted by atomic mass is 9.90. The van der Waals surface area contributed by atoms with E-state index in [9.17, 15) is 4.79 Å². The van der Waals surface area contributed by atoms with Crippen LogP contribution >= 0.6 is 0 Å². The molecule has 0 spiro atoms. The summed E-state index contributed by atoms with van der Waals surface area (Å²) in [6.07, 6.45) is 3.66. The number of ether oxygens (including phenoxy) is 1. The number of hydrogen-bond acceptors (Lipinski definition) is 3. The molecule has 1 aliphatic heterocycles. The van der Waals surface area contributed by atoms with Gasteiger partial charge in [0.1, 0.15) is 11.6 Å². The maximum absolute atomic E-state index is 12.8.